The van der Waals surface area contributed by atoms with Gasteiger partial charge >= 0.3 is 0 Å². The van der Waals surface area contributed by atoms with E-state index >= 15 is 0 Å². The van der Waals surface area contributed by atoms with Crippen molar-refractivity contribution in [3.8, 4) is 17.0 Å². The molecule has 204 valence electrons. The Kier molecular flexibility index (Phi) is 6.72. The Labute approximate surface area is 229 Å². The smallest absolute Gasteiger partial charge is 0.213 e. The Morgan fingerprint density at radius 2 is 1.79 bits per heavy atom. The molecule has 0 unspecified atom stereocenters. The molecule has 1 saturated carbocycles. The maximum Gasteiger partial charge on any atom is 0.213 e. The minimum absolute atomic E-state index is 0.272. The second kappa shape index (κ2) is 10.5. The molecule has 0 amide bonds. The lowest BCUT2D eigenvalue weighted by molar-refractivity contribution is -0.124. The highest BCUT2D eigenvalue weighted by Crippen LogP contribution is 2.49. The van der Waals surface area contributed by atoms with Gasteiger partial charge in [0.15, 0.2) is 0 Å². The number of aromatic nitrogens is 3. The molecule has 0 bridgehead atoms. The molecule has 3 fully saturated rings. The number of aryl methyl sites for hydroxylation is 1. The van der Waals surface area contributed by atoms with Crippen molar-refractivity contribution in [1.29, 1.82) is 0 Å². The number of nitrogens with zero attached hydrogens (tertiary/aromatic N) is 4. The molecule has 3 aliphatic rings. The standard InChI is InChI=1S/C31H37N5O3/c1-35-28-7-8-32-19-27(28)26-5-3-22(13-29(26)35)23-4-6-30(34-16-23)39-24-14-31(15-24)20-36(21-31)9-12-37-10-2-11-38-25-17-33-18-25/h3-8,13,16,19,24-25,33H,2,9-12,14-15,17-18,20-21H2,1H3. The first kappa shape index (κ1) is 25.0. The molecule has 8 nitrogen and oxygen atoms in total. The Morgan fingerprint density at radius 3 is 2.59 bits per heavy atom. The Bertz CT molecular complexity index is 1430. The van der Waals surface area contributed by atoms with E-state index in [1.807, 2.05) is 24.7 Å². The summed E-state index contributed by atoms with van der Waals surface area (Å²) >= 11 is 0. The zero-order chi connectivity index (χ0) is 26.2. The summed E-state index contributed by atoms with van der Waals surface area (Å²) in [5.74, 6) is 0.720. The topological polar surface area (TPSA) is 73.7 Å². The van der Waals surface area contributed by atoms with Crippen LogP contribution in [-0.2, 0) is 16.5 Å². The fraction of sp³-hybridized carbons (Fsp3) is 0.484. The van der Waals surface area contributed by atoms with Gasteiger partial charge in [-0.25, -0.2) is 4.98 Å². The van der Waals surface area contributed by atoms with E-state index in [0.29, 0.717) is 11.5 Å². The Morgan fingerprint density at radius 1 is 0.923 bits per heavy atom. The molecule has 8 heteroatoms. The average Bonchev–Trinajstić information content (AvgIpc) is 3.18. The van der Waals surface area contributed by atoms with Crippen LogP contribution in [0.1, 0.15) is 19.3 Å². The van der Waals surface area contributed by atoms with Crippen LogP contribution in [0.2, 0.25) is 0 Å². The van der Waals surface area contributed by atoms with Crippen molar-refractivity contribution in [1.82, 2.24) is 24.8 Å². The van der Waals surface area contributed by atoms with E-state index in [-0.39, 0.29) is 6.10 Å². The highest BCUT2D eigenvalue weighted by atomic mass is 16.5. The molecule has 1 aliphatic carbocycles. The van der Waals surface area contributed by atoms with E-state index in [4.69, 9.17) is 14.2 Å². The van der Waals surface area contributed by atoms with Gasteiger partial charge in [0.05, 0.1) is 18.2 Å². The van der Waals surface area contributed by atoms with E-state index in [2.05, 4.69) is 62.1 Å². The van der Waals surface area contributed by atoms with Crippen molar-refractivity contribution in [2.24, 2.45) is 12.5 Å². The predicted molar refractivity (Wildman–Crippen MR) is 152 cm³/mol. The third kappa shape index (κ3) is 5.02. The SMILES string of the molecule is Cn1c2ccncc2c2ccc(-c3ccc(OC4CC5(C4)CN(CCOCCCOC4CNC4)C5)nc3)cc21. The van der Waals surface area contributed by atoms with Crippen molar-refractivity contribution in [3.05, 3.63) is 55.0 Å². The average molecular weight is 528 g/mol. The second-order valence-electron chi connectivity index (χ2n) is 11.5. The van der Waals surface area contributed by atoms with Crippen LogP contribution in [-0.4, -0.2) is 84.2 Å². The van der Waals surface area contributed by atoms with Crippen LogP contribution < -0.4 is 10.1 Å². The molecular weight excluding hydrogens is 490 g/mol. The number of hydrogen-bond acceptors (Lipinski definition) is 7. The van der Waals surface area contributed by atoms with Crippen LogP contribution in [0.25, 0.3) is 32.9 Å². The zero-order valence-corrected chi connectivity index (χ0v) is 22.6. The van der Waals surface area contributed by atoms with Crippen LogP contribution in [0.3, 0.4) is 0 Å². The van der Waals surface area contributed by atoms with Crippen molar-refractivity contribution in [2.45, 2.75) is 31.5 Å². The molecule has 4 aromatic rings. The number of ether oxygens (including phenoxy) is 3. The molecule has 1 aromatic carbocycles. The maximum atomic E-state index is 6.22. The largest absolute Gasteiger partial charge is 0.474 e. The van der Waals surface area contributed by atoms with E-state index in [1.54, 1.807) is 0 Å². The number of likely N-dealkylation sites (tertiary alicyclic amines) is 1. The number of pyridine rings is 2. The lowest BCUT2D eigenvalue weighted by Crippen LogP contribution is -2.64. The number of rotatable bonds is 11. The highest BCUT2D eigenvalue weighted by Gasteiger charge is 2.53. The summed E-state index contributed by atoms with van der Waals surface area (Å²) in [6.07, 6.45) is 9.62. The summed E-state index contributed by atoms with van der Waals surface area (Å²) in [4.78, 5) is 11.4. The fourth-order valence-corrected chi connectivity index (χ4v) is 6.42. The van der Waals surface area contributed by atoms with Gasteiger partial charge in [0.1, 0.15) is 6.10 Å². The maximum absolute atomic E-state index is 6.22. The lowest BCUT2D eigenvalue weighted by Gasteiger charge is -2.58. The molecule has 5 heterocycles. The monoisotopic (exact) mass is 527 g/mol. The molecule has 0 radical (unpaired) electrons. The first-order valence-electron chi connectivity index (χ1n) is 14.2. The van der Waals surface area contributed by atoms with Gasteiger partial charge in [-0.05, 0) is 43.0 Å². The summed E-state index contributed by atoms with van der Waals surface area (Å²) in [6.45, 7) is 7.73. The van der Waals surface area contributed by atoms with Gasteiger partial charge in [0.2, 0.25) is 5.88 Å². The van der Waals surface area contributed by atoms with Crippen molar-refractivity contribution < 1.29 is 14.2 Å². The van der Waals surface area contributed by atoms with Gasteiger partial charge in [-0.15, -0.1) is 0 Å². The zero-order valence-electron chi connectivity index (χ0n) is 22.6. The molecule has 1 spiro atoms. The minimum Gasteiger partial charge on any atom is -0.474 e. The van der Waals surface area contributed by atoms with Gasteiger partial charge in [-0.3, -0.25) is 9.88 Å². The molecular formula is C31H37N5O3. The van der Waals surface area contributed by atoms with E-state index < -0.39 is 0 Å². The lowest BCUT2D eigenvalue weighted by atomic mass is 9.62. The van der Waals surface area contributed by atoms with Crippen molar-refractivity contribution in [2.75, 3.05) is 52.5 Å². The third-order valence-corrected chi connectivity index (χ3v) is 8.69. The normalized spacial score (nSPS) is 19.3. The van der Waals surface area contributed by atoms with Gasteiger partial charge in [0.25, 0.3) is 0 Å². The molecule has 2 saturated heterocycles. The van der Waals surface area contributed by atoms with Crippen LogP contribution in [0.5, 0.6) is 5.88 Å². The van der Waals surface area contributed by atoms with Crippen LogP contribution in [0.15, 0.2) is 55.0 Å². The number of nitrogens with one attached hydrogen (secondary N) is 1. The van der Waals surface area contributed by atoms with Gasteiger partial charge in [-0.1, -0.05) is 12.1 Å². The van der Waals surface area contributed by atoms with E-state index in [1.165, 1.54) is 21.8 Å². The predicted octanol–water partition coefficient (Wildman–Crippen LogP) is 4.03. The van der Waals surface area contributed by atoms with E-state index in [9.17, 15) is 0 Å². The number of fused-ring (bicyclic) bond motifs is 3. The van der Waals surface area contributed by atoms with Gasteiger partial charge < -0.3 is 24.1 Å². The third-order valence-electron chi connectivity index (χ3n) is 8.69. The molecule has 39 heavy (non-hydrogen) atoms. The van der Waals surface area contributed by atoms with Crippen LogP contribution >= 0.6 is 0 Å². The summed E-state index contributed by atoms with van der Waals surface area (Å²) in [7, 11) is 2.11. The molecule has 0 atom stereocenters. The van der Waals surface area contributed by atoms with Crippen LogP contribution in [0, 0.1) is 5.41 Å². The Balaban J connectivity index is 0.848. The minimum atomic E-state index is 0.272. The highest BCUT2D eigenvalue weighted by molar-refractivity contribution is 6.08. The first-order valence-corrected chi connectivity index (χ1v) is 14.2. The van der Waals surface area contributed by atoms with Gasteiger partial charge in [0, 0.05) is 105 Å². The second-order valence-corrected chi connectivity index (χ2v) is 11.5. The van der Waals surface area contributed by atoms with Crippen molar-refractivity contribution >= 4 is 21.8 Å². The first-order chi connectivity index (χ1) is 19.2. The summed E-state index contributed by atoms with van der Waals surface area (Å²) in [5.41, 5.74) is 5.08. The quantitative estimate of drug-likeness (QED) is 0.295. The fourth-order valence-electron chi connectivity index (χ4n) is 6.42. The summed E-state index contributed by atoms with van der Waals surface area (Å²) in [5, 5.41) is 5.63. The summed E-state index contributed by atoms with van der Waals surface area (Å²) < 4.78 is 20.0. The molecule has 7 rings (SSSR count). The summed E-state index contributed by atoms with van der Waals surface area (Å²) in [6, 6.07) is 12.8. The molecule has 1 N–H and O–H groups in total. The van der Waals surface area contributed by atoms with E-state index in [0.717, 1.165) is 88.8 Å². The Hall–Kier alpha value is -3.04. The number of hydrogen-bond donors (Lipinski definition) is 1. The van der Waals surface area contributed by atoms with Crippen molar-refractivity contribution in [3.63, 3.8) is 0 Å². The number of benzene rings is 1. The molecule has 3 aromatic heterocycles. The van der Waals surface area contributed by atoms with Crippen LogP contribution in [0.4, 0.5) is 0 Å². The van der Waals surface area contributed by atoms with Gasteiger partial charge in [-0.2, -0.15) is 0 Å². The molecule has 2 aliphatic heterocycles.